The first-order valence-electron chi connectivity index (χ1n) is 9.50. The molecule has 2 atom stereocenters. The summed E-state index contributed by atoms with van der Waals surface area (Å²) < 4.78 is 10.9. The zero-order valence-electron chi connectivity index (χ0n) is 16.4. The monoisotopic (exact) mass is 402 g/mol. The Morgan fingerprint density at radius 1 is 1.21 bits per heavy atom. The van der Waals surface area contributed by atoms with Crippen LogP contribution in [0.1, 0.15) is 31.1 Å². The number of ether oxygens (including phenoxy) is 2. The molecule has 7 heteroatoms. The molecule has 2 aromatic rings. The highest BCUT2D eigenvalue weighted by Gasteiger charge is 2.25. The first-order chi connectivity index (χ1) is 13.5. The van der Waals surface area contributed by atoms with Gasteiger partial charge in [0, 0.05) is 18.0 Å². The third kappa shape index (κ3) is 5.19. The number of carbonyl (C=O) groups is 2. The zero-order chi connectivity index (χ0) is 20.1. The van der Waals surface area contributed by atoms with Crippen molar-refractivity contribution in [3.8, 4) is 10.4 Å². The Morgan fingerprint density at radius 3 is 2.54 bits per heavy atom. The van der Waals surface area contributed by atoms with Crippen molar-refractivity contribution in [2.24, 2.45) is 0 Å². The third-order valence-corrected chi connectivity index (χ3v) is 5.50. The minimum Gasteiger partial charge on any atom is -0.462 e. The number of rotatable bonds is 6. The zero-order valence-corrected chi connectivity index (χ0v) is 17.3. The van der Waals surface area contributed by atoms with Crippen LogP contribution in [-0.4, -0.2) is 55.2 Å². The second-order valence-electron chi connectivity index (χ2n) is 6.94. The molecule has 150 valence electrons. The van der Waals surface area contributed by atoms with E-state index in [1.165, 1.54) is 11.3 Å². The molecule has 0 saturated carbocycles. The summed E-state index contributed by atoms with van der Waals surface area (Å²) in [6.45, 7) is 7.74. The highest BCUT2D eigenvalue weighted by Crippen LogP contribution is 2.36. The topological polar surface area (TPSA) is 67.9 Å². The molecule has 6 nitrogen and oxygen atoms in total. The maximum absolute atomic E-state index is 12.6. The molecule has 0 unspecified atom stereocenters. The van der Waals surface area contributed by atoms with E-state index in [-0.39, 0.29) is 31.3 Å². The molecule has 1 aliphatic heterocycles. The molecule has 28 heavy (non-hydrogen) atoms. The number of morpholine rings is 1. The van der Waals surface area contributed by atoms with Gasteiger partial charge in [0.15, 0.2) is 0 Å². The summed E-state index contributed by atoms with van der Waals surface area (Å²) >= 11 is 1.38. The summed E-state index contributed by atoms with van der Waals surface area (Å²) in [6, 6.07) is 11.6. The maximum atomic E-state index is 12.6. The van der Waals surface area contributed by atoms with Crippen molar-refractivity contribution in [1.82, 2.24) is 4.90 Å². The Hall–Kier alpha value is -2.22. The van der Waals surface area contributed by atoms with E-state index in [9.17, 15) is 9.59 Å². The molecule has 1 aromatic heterocycles. The van der Waals surface area contributed by atoms with Crippen LogP contribution >= 0.6 is 11.3 Å². The lowest BCUT2D eigenvalue weighted by Crippen LogP contribution is -2.48. The van der Waals surface area contributed by atoms with Gasteiger partial charge in [-0.25, -0.2) is 4.79 Å². The number of nitrogens with zero attached hydrogens (tertiary/aromatic N) is 1. The van der Waals surface area contributed by atoms with Crippen molar-refractivity contribution in [3.63, 3.8) is 0 Å². The number of hydrogen-bond donors (Lipinski definition) is 1. The highest BCUT2D eigenvalue weighted by atomic mass is 32.1. The lowest BCUT2D eigenvalue weighted by Gasteiger charge is -2.34. The van der Waals surface area contributed by atoms with Crippen molar-refractivity contribution in [1.29, 1.82) is 0 Å². The fraction of sp³-hybridized carbons (Fsp3) is 0.429. The Bertz CT molecular complexity index is 811. The molecule has 3 rings (SSSR count). The molecule has 1 aromatic carbocycles. The predicted molar refractivity (Wildman–Crippen MR) is 111 cm³/mol. The molecule has 1 N–H and O–H groups in total. The number of thiophene rings is 1. The maximum Gasteiger partial charge on any atom is 0.341 e. The molecule has 1 fully saturated rings. The fourth-order valence-corrected chi connectivity index (χ4v) is 4.44. The minimum absolute atomic E-state index is 0.0954. The fourth-order valence-electron chi connectivity index (χ4n) is 3.37. The second-order valence-corrected chi connectivity index (χ2v) is 7.99. The summed E-state index contributed by atoms with van der Waals surface area (Å²) in [5.41, 5.74) is 1.39. The van der Waals surface area contributed by atoms with Crippen LogP contribution in [0.4, 0.5) is 5.00 Å². The summed E-state index contributed by atoms with van der Waals surface area (Å²) in [4.78, 5) is 28.0. The van der Waals surface area contributed by atoms with E-state index in [0.29, 0.717) is 23.7 Å². The Morgan fingerprint density at radius 2 is 1.89 bits per heavy atom. The number of esters is 1. The molecule has 1 amide bonds. The average molecular weight is 403 g/mol. The molecule has 1 saturated heterocycles. The third-order valence-electron chi connectivity index (χ3n) is 4.40. The normalized spacial score (nSPS) is 20.0. The van der Waals surface area contributed by atoms with E-state index in [1.54, 1.807) is 13.0 Å². The van der Waals surface area contributed by atoms with Gasteiger partial charge in [0.2, 0.25) is 5.91 Å². The van der Waals surface area contributed by atoms with Gasteiger partial charge in [-0.2, -0.15) is 0 Å². The summed E-state index contributed by atoms with van der Waals surface area (Å²) in [5.74, 6) is -0.571. The van der Waals surface area contributed by atoms with E-state index < -0.39 is 5.97 Å². The van der Waals surface area contributed by atoms with Gasteiger partial charge in [-0.05, 0) is 32.4 Å². The molecule has 1 aliphatic rings. The van der Waals surface area contributed by atoms with Crippen LogP contribution in [-0.2, 0) is 14.3 Å². The van der Waals surface area contributed by atoms with Crippen molar-refractivity contribution in [3.05, 3.63) is 42.0 Å². The largest absolute Gasteiger partial charge is 0.462 e. The van der Waals surface area contributed by atoms with E-state index in [2.05, 4.69) is 10.2 Å². The summed E-state index contributed by atoms with van der Waals surface area (Å²) in [7, 11) is 0. The quantitative estimate of drug-likeness (QED) is 0.747. The molecule has 2 heterocycles. The van der Waals surface area contributed by atoms with Gasteiger partial charge in [0.05, 0.1) is 30.9 Å². The van der Waals surface area contributed by atoms with E-state index in [4.69, 9.17) is 9.47 Å². The Labute approximate surface area is 169 Å². The first-order valence-corrected chi connectivity index (χ1v) is 10.3. The van der Waals surface area contributed by atoms with Crippen molar-refractivity contribution < 1.29 is 19.1 Å². The summed E-state index contributed by atoms with van der Waals surface area (Å²) in [6.07, 6.45) is 0.191. The molecular formula is C21H26N2O4S. The number of amides is 1. The molecule has 0 spiro atoms. The van der Waals surface area contributed by atoms with Gasteiger partial charge < -0.3 is 14.8 Å². The van der Waals surface area contributed by atoms with Crippen LogP contribution in [0.2, 0.25) is 0 Å². The van der Waals surface area contributed by atoms with Crippen LogP contribution in [0.3, 0.4) is 0 Å². The van der Waals surface area contributed by atoms with Gasteiger partial charge in [0.1, 0.15) is 5.00 Å². The highest BCUT2D eigenvalue weighted by molar-refractivity contribution is 7.20. The number of benzene rings is 1. The van der Waals surface area contributed by atoms with Gasteiger partial charge >= 0.3 is 5.97 Å². The number of nitrogens with one attached hydrogen (secondary N) is 1. The first kappa shape index (κ1) is 20.5. The smallest absolute Gasteiger partial charge is 0.341 e. The number of hydrogen-bond acceptors (Lipinski definition) is 6. The van der Waals surface area contributed by atoms with Gasteiger partial charge in [0.25, 0.3) is 0 Å². The van der Waals surface area contributed by atoms with Crippen molar-refractivity contribution in [2.45, 2.75) is 33.0 Å². The van der Waals surface area contributed by atoms with E-state index in [0.717, 1.165) is 10.4 Å². The van der Waals surface area contributed by atoms with Gasteiger partial charge in [-0.15, -0.1) is 11.3 Å². The number of anilines is 1. The predicted octanol–water partition coefficient (Wildman–Crippen LogP) is 3.64. The lowest BCUT2D eigenvalue weighted by molar-refractivity contribution is -0.121. The van der Waals surface area contributed by atoms with Crippen LogP contribution < -0.4 is 5.32 Å². The SMILES string of the molecule is CCOC(=O)c1cc(-c2ccccc2)sc1NC(=O)CN1C[C@@H](C)O[C@H](C)C1. The molecule has 0 radical (unpaired) electrons. The Kier molecular flexibility index (Phi) is 6.83. The number of carbonyl (C=O) groups excluding carboxylic acids is 2. The summed E-state index contributed by atoms with van der Waals surface area (Å²) in [5, 5.41) is 3.44. The Balaban J connectivity index is 1.76. The van der Waals surface area contributed by atoms with Crippen LogP contribution in [0.5, 0.6) is 0 Å². The van der Waals surface area contributed by atoms with Gasteiger partial charge in [-0.1, -0.05) is 30.3 Å². The van der Waals surface area contributed by atoms with Crippen LogP contribution in [0.15, 0.2) is 36.4 Å². The molecule has 0 bridgehead atoms. The average Bonchev–Trinajstić information content (AvgIpc) is 3.05. The minimum atomic E-state index is -0.426. The standard InChI is InChI=1S/C21H26N2O4S/c1-4-26-21(25)17-10-18(16-8-6-5-7-9-16)28-20(17)22-19(24)13-23-11-14(2)27-15(3)12-23/h5-10,14-15H,4,11-13H2,1-3H3,(H,22,24)/t14-,15-/m1/s1. The lowest BCUT2D eigenvalue weighted by atomic mass is 10.1. The van der Waals surface area contributed by atoms with E-state index >= 15 is 0 Å². The van der Waals surface area contributed by atoms with Crippen LogP contribution in [0.25, 0.3) is 10.4 Å². The van der Waals surface area contributed by atoms with Crippen molar-refractivity contribution in [2.75, 3.05) is 31.6 Å². The second kappa shape index (κ2) is 9.32. The molecule has 0 aliphatic carbocycles. The van der Waals surface area contributed by atoms with Crippen molar-refractivity contribution >= 4 is 28.2 Å². The van der Waals surface area contributed by atoms with Gasteiger partial charge in [-0.3, -0.25) is 9.69 Å². The van der Waals surface area contributed by atoms with Crippen LogP contribution in [0, 0.1) is 0 Å². The molecular weight excluding hydrogens is 376 g/mol. The van der Waals surface area contributed by atoms with E-state index in [1.807, 2.05) is 44.2 Å².